The van der Waals surface area contributed by atoms with Crippen molar-refractivity contribution in [2.45, 2.75) is 39.3 Å². The summed E-state index contributed by atoms with van der Waals surface area (Å²) in [6.45, 7) is 5.77. The van der Waals surface area contributed by atoms with Crippen molar-refractivity contribution >= 4 is 12.0 Å². The number of nitriles is 1. The van der Waals surface area contributed by atoms with Crippen molar-refractivity contribution in [3.05, 3.63) is 35.4 Å². The first kappa shape index (κ1) is 13.8. The van der Waals surface area contributed by atoms with Crippen molar-refractivity contribution < 1.29 is 4.79 Å². The monoisotopic (exact) mass is 281 g/mol. The van der Waals surface area contributed by atoms with E-state index in [1.54, 1.807) is 6.21 Å². The number of carbonyl (C=O) groups is 1. The van der Waals surface area contributed by atoms with Crippen LogP contribution in [-0.2, 0) is 4.79 Å². The first-order valence-corrected chi connectivity index (χ1v) is 7.28. The van der Waals surface area contributed by atoms with Gasteiger partial charge >= 0.3 is 0 Å². The molecule has 0 spiro atoms. The van der Waals surface area contributed by atoms with E-state index < -0.39 is 5.41 Å². The minimum Gasteiger partial charge on any atom is -0.297 e. The molecule has 4 heteroatoms. The molecule has 2 aliphatic rings. The predicted octanol–water partition coefficient (Wildman–Crippen LogP) is 2.90. The van der Waals surface area contributed by atoms with Crippen LogP contribution in [0.15, 0.2) is 29.4 Å². The number of fused-ring (bicyclic) bond motifs is 3. The highest BCUT2D eigenvalue weighted by Crippen LogP contribution is 2.45. The molecular formula is C17H19N3O. The van der Waals surface area contributed by atoms with Crippen LogP contribution in [0.1, 0.15) is 44.4 Å². The molecule has 0 amide bonds. The van der Waals surface area contributed by atoms with E-state index in [0.29, 0.717) is 6.42 Å². The lowest BCUT2D eigenvalue weighted by Crippen LogP contribution is -2.41. The Kier molecular flexibility index (Phi) is 3.09. The average Bonchev–Trinajstić information content (AvgIpc) is 2.84. The summed E-state index contributed by atoms with van der Waals surface area (Å²) in [5, 5.41) is 15.8. The van der Waals surface area contributed by atoms with E-state index in [1.165, 1.54) is 0 Å². The molecule has 0 radical (unpaired) electrons. The van der Waals surface area contributed by atoms with E-state index in [2.05, 4.69) is 11.2 Å². The van der Waals surface area contributed by atoms with Crippen LogP contribution < -0.4 is 0 Å². The summed E-state index contributed by atoms with van der Waals surface area (Å²) in [5.74, 6) is -0.0401. The smallest absolute Gasteiger partial charge is 0.162 e. The van der Waals surface area contributed by atoms with Gasteiger partial charge in [0.05, 0.1) is 24.2 Å². The normalized spacial score (nSPS) is 27.0. The van der Waals surface area contributed by atoms with Crippen LogP contribution in [0.4, 0.5) is 0 Å². The van der Waals surface area contributed by atoms with Crippen LogP contribution in [0, 0.1) is 22.7 Å². The second-order valence-electron chi connectivity index (χ2n) is 6.80. The Morgan fingerprint density at radius 2 is 2.10 bits per heavy atom. The molecule has 0 aliphatic carbocycles. The molecule has 108 valence electrons. The number of hydrogen-bond acceptors (Lipinski definition) is 4. The molecule has 4 nitrogen and oxygen atoms in total. The second-order valence-corrected chi connectivity index (χ2v) is 6.80. The van der Waals surface area contributed by atoms with Gasteiger partial charge in [0, 0.05) is 5.41 Å². The number of Topliss-reactive ketones (excluding diaryl/α,β-unsaturated/α-hetero) is 1. The van der Waals surface area contributed by atoms with Crippen molar-refractivity contribution in [1.29, 1.82) is 5.26 Å². The Morgan fingerprint density at radius 1 is 1.38 bits per heavy atom. The summed E-state index contributed by atoms with van der Waals surface area (Å²) < 4.78 is 0. The van der Waals surface area contributed by atoms with Crippen LogP contribution in [-0.4, -0.2) is 23.0 Å². The quantitative estimate of drug-likeness (QED) is 0.795. The molecule has 2 heterocycles. The van der Waals surface area contributed by atoms with Gasteiger partial charge < -0.3 is 0 Å². The molecule has 0 N–H and O–H groups in total. The molecule has 3 rings (SSSR count). The van der Waals surface area contributed by atoms with Gasteiger partial charge in [-0.1, -0.05) is 45.0 Å². The van der Waals surface area contributed by atoms with Gasteiger partial charge in [0.15, 0.2) is 5.78 Å². The molecule has 1 aromatic rings. The molecule has 21 heavy (non-hydrogen) atoms. The van der Waals surface area contributed by atoms with E-state index >= 15 is 0 Å². The maximum Gasteiger partial charge on any atom is 0.162 e. The number of carbonyl (C=O) groups excluding carboxylic acids is 1. The van der Waals surface area contributed by atoms with Gasteiger partial charge in [-0.2, -0.15) is 10.4 Å². The fraction of sp³-hybridized carbons (Fsp3) is 0.471. The van der Waals surface area contributed by atoms with E-state index in [4.69, 9.17) is 0 Å². The number of hydrazone groups is 1. The molecule has 3 unspecified atom stereocenters. The number of ketones is 1. The van der Waals surface area contributed by atoms with Crippen LogP contribution in [0.5, 0.6) is 0 Å². The molecule has 2 aliphatic heterocycles. The third-order valence-corrected chi connectivity index (χ3v) is 4.32. The fourth-order valence-corrected chi connectivity index (χ4v) is 3.24. The summed E-state index contributed by atoms with van der Waals surface area (Å²) in [5.41, 5.74) is 1.72. The number of benzene rings is 1. The summed E-state index contributed by atoms with van der Waals surface area (Å²) in [6.07, 6.45) is 2.36. The molecule has 0 bridgehead atoms. The Bertz CT molecular complexity index is 651. The highest BCUT2D eigenvalue weighted by molar-refractivity contribution is 5.90. The summed E-state index contributed by atoms with van der Waals surface area (Å²) in [6, 6.07) is 9.95. The minimum atomic E-state index is -0.425. The lowest BCUT2D eigenvalue weighted by atomic mass is 9.84. The number of nitrogens with zero attached hydrogens (tertiary/aromatic N) is 3. The second kappa shape index (κ2) is 4.70. The van der Waals surface area contributed by atoms with Gasteiger partial charge in [0.2, 0.25) is 0 Å². The first-order valence-electron chi connectivity index (χ1n) is 7.28. The molecular weight excluding hydrogens is 262 g/mol. The van der Waals surface area contributed by atoms with Crippen LogP contribution in [0.25, 0.3) is 0 Å². The third-order valence-electron chi connectivity index (χ3n) is 4.32. The number of rotatable bonds is 1. The van der Waals surface area contributed by atoms with E-state index in [1.807, 2.05) is 50.0 Å². The van der Waals surface area contributed by atoms with Gasteiger partial charge in [-0.3, -0.25) is 9.80 Å². The minimum absolute atomic E-state index is 0.104. The van der Waals surface area contributed by atoms with Crippen molar-refractivity contribution in [1.82, 2.24) is 5.01 Å². The summed E-state index contributed by atoms with van der Waals surface area (Å²) in [4.78, 5) is 12.7. The Morgan fingerprint density at radius 3 is 2.76 bits per heavy atom. The first-order chi connectivity index (χ1) is 9.93. The lowest BCUT2D eigenvalue weighted by molar-refractivity contribution is -0.131. The predicted molar refractivity (Wildman–Crippen MR) is 80.6 cm³/mol. The molecule has 1 aromatic carbocycles. The van der Waals surface area contributed by atoms with Crippen LogP contribution in [0.2, 0.25) is 0 Å². The van der Waals surface area contributed by atoms with Crippen molar-refractivity contribution in [3.8, 4) is 6.07 Å². The van der Waals surface area contributed by atoms with Gasteiger partial charge in [-0.15, -0.1) is 0 Å². The zero-order valence-electron chi connectivity index (χ0n) is 12.6. The lowest BCUT2D eigenvalue weighted by Gasteiger charge is -2.33. The van der Waals surface area contributed by atoms with Crippen LogP contribution in [0.3, 0.4) is 0 Å². The SMILES string of the molecule is CC(C)(C)C(=O)C1CC(C#N)C2c3ccccc3C=NN12. The summed E-state index contributed by atoms with van der Waals surface area (Å²) >= 11 is 0. The van der Waals surface area contributed by atoms with Gasteiger partial charge in [-0.05, 0) is 17.5 Å². The Balaban J connectivity index is 2.03. The zero-order chi connectivity index (χ0) is 15.2. The number of hydrogen-bond donors (Lipinski definition) is 0. The van der Waals surface area contributed by atoms with Crippen molar-refractivity contribution in [2.24, 2.45) is 16.4 Å². The van der Waals surface area contributed by atoms with Crippen molar-refractivity contribution in [3.63, 3.8) is 0 Å². The maximum absolute atomic E-state index is 12.7. The maximum atomic E-state index is 12.7. The van der Waals surface area contributed by atoms with E-state index in [0.717, 1.165) is 11.1 Å². The van der Waals surface area contributed by atoms with E-state index in [-0.39, 0.29) is 23.8 Å². The van der Waals surface area contributed by atoms with Gasteiger partial charge in [0.25, 0.3) is 0 Å². The van der Waals surface area contributed by atoms with Crippen molar-refractivity contribution in [2.75, 3.05) is 0 Å². The molecule has 1 saturated heterocycles. The highest BCUT2D eigenvalue weighted by atomic mass is 16.1. The largest absolute Gasteiger partial charge is 0.297 e. The zero-order valence-corrected chi connectivity index (χ0v) is 12.6. The Hall–Kier alpha value is -2.15. The average molecular weight is 281 g/mol. The van der Waals surface area contributed by atoms with Gasteiger partial charge in [-0.25, -0.2) is 0 Å². The standard InChI is InChI=1S/C17H19N3O/c1-17(2,3)16(21)14-8-12(9-18)15-13-7-5-4-6-11(13)10-19-20(14)15/h4-7,10,12,14-15H,8H2,1-3H3. The molecule has 1 fully saturated rings. The molecule has 3 atom stereocenters. The van der Waals surface area contributed by atoms with E-state index in [9.17, 15) is 10.1 Å². The Labute approximate surface area is 125 Å². The highest BCUT2D eigenvalue weighted by Gasteiger charge is 2.48. The topological polar surface area (TPSA) is 56.5 Å². The van der Waals surface area contributed by atoms with Crippen LogP contribution >= 0.6 is 0 Å². The molecule has 0 aromatic heterocycles. The fourth-order valence-electron chi connectivity index (χ4n) is 3.24. The summed E-state index contributed by atoms with van der Waals surface area (Å²) in [7, 11) is 0. The molecule has 0 saturated carbocycles. The third kappa shape index (κ3) is 2.13. The van der Waals surface area contributed by atoms with Gasteiger partial charge in [0.1, 0.15) is 6.04 Å².